The standard InChI is InChI=1S/C10H19FO2S/c1-3-9-6-5-7-10(11,4-2)8-14(9,12)13/h9H,3-8H2,1-2H3. The van der Waals surface area contributed by atoms with E-state index in [-0.39, 0.29) is 11.0 Å². The van der Waals surface area contributed by atoms with Gasteiger partial charge in [0.05, 0.1) is 11.0 Å². The first-order valence-corrected chi connectivity index (χ1v) is 7.05. The average molecular weight is 222 g/mol. The van der Waals surface area contributed by atoms with Crippen molar-refractivity contribution in [3.63, 3.8) is 0 Å². The van der Waals surface area contributed by atoms with Gasteiger partial charge in [-0.2, -0.15) is 0 Å². The fraction of sp³-hybridized carbons (Fsp3) is 1.00. The van der Waals surface area contributed by atoms with E-state index in [4.69, 9.17) is 0 Å². The molecule has 2 atom stereocenters. The molecule has 84 valence electrons. The Balaban J connectivity index is 2.90. The smallest absolute Gasteiger partial charge is 0.156 e. The molecule has 0 aliphatic carbocycles. The molecule has 0 amide bonds. The number of alkyl halides is 1. The van der Waals surface area contributed by atoms with Crippen molar-refractivity contribution in [2.24, 2.45) is 0 Å². The lowest BCUT2D eigenvalue weighted by atomic mass is 9.97. The number of hydrogen-bond donors (Lipinski definition) is 0. The van der Waals surface area contributed by atoms with E-state index in [0.29, 0.717) is 32.1 Å². The van der Waals surface area contributed by atoms with Gasteiger partial charge >= 0.3 is 0 Å². The van der Waals surface area contributed by atoms with Gasteiger partial charge in [0.15, 0.2) is 9.84 Å². The van der Waals surface area contributed by atoms with Crippen molar-refractivity contribution in [1.82, 2.24) is 0 Å². The Labute approximate surface area is 85.8 Å². The predicted octanol–water partition coefficient (Wildman–Crippen LogP) is 2.48. The highest BCUT2D eigenvalue weighted by molar-refractivity contribution is 7.92. The fourth-order valence-electron chi connectivity index (χ4n) is 2.11. The van der Waals surface area contributed by atoms with E-state index in [0.717, 1.165) is 0 Å². The minimum Gasteiger partial charge on any atom is -0.243 e. The second-order valence-corrected chi connectivity index (χ2v) is 6.52. The monoisotopic (exact) mass is 222 g/mol. The van der Waals surface area contributed by atoms with Crippen molar-refractivity contribution in [2.75, 3.05) is 5.75 Å². The zero-order valence-corrected chi connectivity index (χ0v) is 9.74. The number of rotatable bonds is 2. The third-order valence-corrected chi connectivity index (χ3v) is 5.71. The van der Waals surface area contributed by atoms with Gasteiger partial charge in [-0.1, -0.05) is 13.8 Å². The van der Waals surface area contributed by atoms with Gasteiger partial charge in [0.1, 0.15) is 5.67 Å². The van der Waals surface area contributed by atoms with Gasteiger partial charge < -0.3 is 0 Å². The molecule has 0 aromatic rings. The number of sulfone groups is 1. The van der Waals surface area contributed by atoms with Crippen LogP contribution < -0.4 is 0 Å². The largest absolute Gasteiger partial charge is 0.243 e. The van der Waals surface area contributed by atoms with Gasteiger partial charge in [-0.15, -0.1) is 0 Å². The van der Waals surface area contributed by atoms with Crippen molar-refractivity contribution in [2.45, 2.75) is 56.9 Å². The Morgan fingerprint density at radius 2 is 2.07 bits per heavy atom. The quantitative estimate of drug-likeness (QED) is 0.719. The Hall–Kier alpha value is -0.120. The fourth-order valence-corrected chi connectivity index (χ4v) is 4.45. The Morgan fingerprint density at radius 3 is 2.57 bits per heavy atom. The van der Waals surface area contributed by atoms with E-state index in [1.54, 1.807) is 6.92 Å². The molecule has 0 bridgehead atoms. The molecule has 1 saturated heterocycles. The summed E-state index contributed by atoms with van der Waals surface area (Å²) < 4.78 is 37.5. The molecule has 1 aliphatic rings. The predicted molar refractivity (Wildman–Crippen MR) is 55.8 cm³/mol. The Morgan fingerprint density at radius 1 is 1.43 bits per heavy atom. The molecule has 4 heteroatoms. The number of hydrogen-bond acceptors (Lipinski definition) is 2. The zero-order valence-electron chi connectivity index (χ0n) is 8.92. The molecule has 14 heavy (non-hydrogen) atoms. The summed E-state index contributed by atoms with van der Waals surface area (Å²) in [5, 5.41) is -0.313. The number of halogens is 1. The maximum atomic E-state index is 14.0. The summed E-state index contributed by atoms with van der Waals surface area (Å²) in [5.41, 5.74) is -1.47. The third-order valence-electron chi connectivity index (χ3n) is 3.21. The lowest BCUT2D eigenvalue weighted by Gasteiger charge is -2.21. The van der Waals surface area contributed by atoms with Crippen LogP contribution in [0.5, 0.6) is 0 Å². The summed E-state index contributed by atoms with van der Waals surface area (Å²) >= 11 is 0. The van der Waals surface area contributed by atoms with E-state index in [1.807, 2.05) is 6.92 Å². The maximum Gasteiger partial charge on any atom is 0.156 e. The molecule has 0 radical (unpaired) electrons. The molecule has 0 N–H and O–H groups in total. The highest BCUT2D eigenvalue weighted by Crippen LogP contribution is 2.32. The zero-order chi connectivity index (χ0) is 10.8. The summed E-state index contributed by atoms with van der Waals surface area (Å²) in [6.45, 7) is 3.58. The minimum absolute atomic E-state index is 0.269. The molecule has 1 heterocycles. The van der Waals surface area contributed by atoms with Crippen LogP contribution >= 0.6 is 0 Å². The Bertz CT molecular complexity index is 286. The lowest BCUT2D eigenvalue weighted by molar-refractivity contribution is 0.171. The molecule has 0 aromatic carbocycles. The van der Waals surface area contributed by atoms with Gasteiger partial charge in [-0.25, -0.2) is 12.8 Å². The first-order valence-electron chi connectivity index (χ1n) is 5.34. The highest BCUT2D eigenvalue weighted by atomic mass is 32.2. The normalized spacial score (nSPS) is 37.8. The SMILES string of the molecule is CCC1CCCC(F)(CC)CS1(=O)=O. The molecular weight excluding hydrogens is 203 g/mol. The van der Waals surface area contributed by atoms with Gasteiger partial charge in [-0.3, -0.25) is 0 Å². The van der Waals surface area contributed by atoms with Crippen molar-refractivity contribution in [3.05, 3.63) is 0 Å². The molecular formula is C10H19FO2S. The molecule has 0 spiro atoms. The molecule has 2 unspecified atom stereocenters. The van der Waals surface area contributed by atoms with Crippen molar-refractivity contribution in [1.29, 1.82) is 0 Å². The van der Waals surface area contributed by atoms with Crippen molar-refractivity contribution >= 4 is 9.84 Å². The van der Waals surface area contributed by atoms with Crippen LogP contribution in [0.3, 0.4) is 0 Å². The molecule has 2 nitrogen and oxygen atoms in total. The van der Waals surface area contributed by atoms with Crippen LogP contribution in [0.25, 0.3) is 0 Å². The topological polar surface area (TPSA) is 34.1 Å². The van der Waals surface area contributed by atoms with E-state index >= 15 is 0 Å². The first kappa shape index (κ1) is 12.0. The van der Waals surface area contributed by atoms with Gasteiger partial charge in [-0.05, 0) is 32.1 Å². The summed E-state index contributed by atoms with van der Waals surface area (Å²) in [6, 6.07) is 0. The summed E-state index contributed by atoms with van der Waals surface area (Å²) in [7, 11) is -3.20. The maximum absolute atomic E-state index is 14.0. The second-order valence-electron chi connectivity index (χ2n) is 4.23. The summed E-state index contributed by atoms with van der Waals surface area (Å²) in [5.74, 6) is -0.269. The van der Waals surface area contributed by atoms with Gasteiger partial charge in [0.2, 0.25) is 0 Å². The second kappa shape index (κ2) is 4.17. The van der Waals surface area contributed by atoms with E-state index in [9.17, 15) is 12.8 Å². The Kier molecular flexibility index (Phi) is 3.56. The molecule has 0 saturated carbocycles. The molecule has 1 fully saturated rings. The van der Waals surface area contributed by atoms with Crippen LogP contribution in [-0.4, -0.2) is 25.1 Å². The van der Waals surface area contributed by atoms with Crippen molar-refractivity contribution < 1.29 is 12.8 Å². The summed E-state index contributed by atoms with van der Waals surface area (Å²) in [6.07, 6.45) is 2.65. The van der Waals surface area contributed by atoms with E-state index in [1.165, 1.54) is 0 Å². The highest BCUT2D eigenvalue weighted by Gasteiger charge is 2.39. The first-order chi connectivity index (χ1) is 6.43. The lowest BCUT2D eigenvalue weighted by Crippen LogP contribution is -2.33. The van der Waals surface area contributed by atoms with Crippen LogP contribution in [0, 0.1) is 0 Å². The van der Waals surface area contributed by atoms with Crippen LogP contribution in [0.1, 0.15) is 46.0 Å². The molecule has 1 aliphatic heterocycles. The molecule has 0 aromatic heterocycles. The van der Waals surface area contributed by atoms with Crippen LogP contribution in [-0.2, 0) is 9.84 Å². The van der Waals surface area contributed by atoms with E-state index in [2.05, 4.69) is 0 Å². The van der Waals surface area contributed by atoms with Gasteiger partial charge in [0, 0.05) is 0 Å². The minimum atomic E-state index is -3.20. The van der Waals surface area contributed by atoms with Crippen LogP contribution in [0.2, 0.25) is 0 Å². The van der Waals surface area contributed by atoms with Gasteiger partial charge in [0.25, 0.3) is 0 Å². The molecule has 1 rings (SSSR count). The third kappa shape index (κ3) is 2.47. The van der Waals surface area contributed by atoms with Crippen LogP contribution in [0.15, 0.2) is 0 Å². The van der Waals surface area contributed by atoms with Crippen LogP contribution in [0.4, 0.5) is 4.39 Å². The summed E-state index contributed by atoms with van der Waals surface area (Å²) in [4.78, 5) is 0. The van der Waals surface area contributed by atoms with E-state index < -0.39 is 15.5 Å². The van der Waals surface area contributed by atoms with Crippen molar-refractivity contribution in [3.8, 4) is 0 Å². The average Bonchev–Trinajstić information content (AvgIpc) is 2.21.